The summed E-state index contributed by atoms with van der Waals surface area (Å²) in [4.78, 5) is 19.4. The van der Waals surface area contributed by atoms with Crippen LogP contribution in [0.3, 0.4) is 0 Å². The third kappa shape index (κ3) is 5.34. The molecule has 2 rings (SSSR count). The predicted octanol–water partition coefficient (Wildman–Crippen LogP) is 1.86. The number of hydrogen-bond acceptors (Lipinski definition) is 5. The van der Waals surface area contributed by atoms with Gasteiger partial charge >= 0.3 is 6.09 Å². The summed E-state index contributed by atoms with van der Waals surface area (Å²) >= 11 is 0. The molecule has 0 spiro atoms. The van der Waals surface area contributed by atoms with E-state index < -0.39 is 0 Å². The van der Waals surface area contributed by atoms with Gasteiger partial charge in [-0.1, -0.05) is 0 Å². The fraction of sp³-hybridized carbons (Fsp3) is 0.571. The minimum absolute atomic E-state index is 0. The van der Waals surface area contributed by atoms with E-state index in [1.165, 1.54) is 0 Å². The molecule has 1 saturated carbocycles. The molecule has 0 radical (unpaired) electrons. The average Bonchev–Trinajstić information content (AvgIpc) is 3.08. The van der Waals surface area contributed by atoms with Crippen LogP contribution in [0.4, 0.5) is 10.7 Å². The molecule has 1 aliphatic carbocycles. The van der Waals surface area contributed by atoms with E-state index in [2.05, 4.69) is 22.2 Å². The summed E-state index contributed by atoms with van der Waals surface area (Å²) in [6.45, 7) is 5.85. The van der Waals surface area contributed by atoms with Crippen molar-refractivity contribution >= 4 is 12.0 Å². The van der Waals surface area contributed by atoms with Crippen molar-refractivity contribution in [1.82, 2.24) is 15.3 Å². The molecule has 0 aromatic carbocycles. The largest absolute Gasteiger partial charge is 0.479 e. The van der Waals surface area contributed by atoms with Crippen molar-refractivity contribution in [2.75, 3.05) is 5.73 Å². The number of hydrogen-bond donors (Lipinski definition) is 2. The minimum Gasteiger partial charge on any atom is -0.479 e. The minimum atomic E-state index is -0.374. The summed E-state index contributed by atoms with van der Waals surface area (Å²) in [7, 11) is 0. The van der Waals surface area contributed by atoms with Gasteiger partial charge < -0.3 is 22.7 Å². The van der Waals surface area contributed by atoms with Crippen LogP contribution in [0.5, 0.6) is 0 Å². The molecular weight excluding hydrogens is 523 g/mol. The molecule has 21 heavy (non-hydrogen) atoms. The summed E-state index contributed by atoms with van der Waals surface area (Å²) in [6.07, 6.45) is 7.11. The number of nitrogens with two attached hydrogens (primary N) is 1. The van der Waals surface area contributed by atoms with Crippen LogP contribution < -0.4 is 11.1 Å². The van der Waals surface area contributed by atoms with Gasteiger partial charge in [-0.05, 0) is 50.7 Å². The summed E-state index contributed by atoms with van der Waals surface area (Å²) in [6, 6.07) is 0. The number of nitrogen functional groups attached to an aromatic ring is 1. The van der Waals surface area contributed by atoms with E-state index in [1.54, 1.807) is 12.4 Å². The Labute approximate surface area is 119 Å². The van der Waals surface area contributed by atoms with E-state index in [4.69, 9.17) is 10.5 Å². The normalized spacial score (nSPS) is 16.5. The van der Waals surface area contributed by atoms with Crippen molar-refractivity contribution in [3.05, 3.63) is 24.9 Å². The third-order valence-electron chi connectivity index (χ3n) is 3.39. The first-order chi connectivity index (χ1) is 9.47. The van der Waals surface area contributed by atoms with Crippen molar-refractivity contribution in [2.24, 2.45) is 0 Å². The zero-order chi connectivity index (χ0) is 14.6. The van der Waals surface area contributed by atoms with E-state index in [9.17, 15) is 4.79 Å². The van der Waals surface area contributed by atoms with E-state index in [-0.39, 0.29) is 23.7 Å². The molecule has 1 heterocycles. The number of ether oxygens (including phenoxy) is 1. The van der Waals surface area contributed by atoms with E-state index in [1.807, 2.05) is 6.92 Å². The van der Waals surface area contributed by atoms with E-state index in [0.29, 0.717) is 6.42 Å². The molecule has 1 aromatic heterocycles. The standard InChI is InChI=1S/C14H21N4O2.Rf/c1-10(20-13(19)18-14(2)6-7-14)4-3-5-11-8-16-12(15)17-9-11;/h8-10H,1,3-7H2,2H3,(H,18,19)(H2,15,16,17);/q-1;. The predicted molar refractivity (Wildman–Crippen MR) is 75.8 cm³/mol. The Hall–Kier alpha value is -2.85. The van der Waals surface area contributed by atoms with E-state index >= 15 is 0 Å². The van der Waals surface area contributed by atoms with Crippen LogP contribution in [0.15, 0.2) is 12.4 Å². The molecule has 1 fully saturated rings. The van der Waals surface area contributed by atoms with Gasteiger partial charge in [-0.2, -0.15) is 0 Å². The van der Waals surface area contributed by atoms with Crippen LogP contribution in [-0.4, -0.2) is 27.7 Å². The average molecular weight is 544 g/mol. The number of rotatable bonds is 6. The number of aromatic nitrogens is 2. The third-order valence-corrected chi connectivity index (χ3v) is 3.39. The zero-order valence-electron chi connectivity index (χ0n) is 12.5. The molecule has 112 valence electrons. The van der Waals surface area contributed by atoms with Crippen LogP contribution in [0.2, 0.25) is 0 Å². The molecule has 1 aromatic rings. The first-order valence-electron chi connectivity index (χ1n) is 6.85. The number of nitrogens with zero attached hydrogens (tertiary/aromatic N) is 2. The molecule has 0 aliphatic heterocycles. The quantitative estimate of drug-likeness (QED) is 0.534. The monoisotopic (exact) mass is 544 g/mol. The second kappa shape index (κ2) is 6.54. The van der Waals surface area contributed by atoms with Crippen LogP contribution in [-0.2, 0) is 11.2 Å². The summed E-state index contributed by atoms with van der Waals surface area (Å²) in [5.41, 5.74) is 6.37. The Morgan fingerprint density at radius 2 is 2.14 bits per heavy atom. The summed E-state index contributed by atoms with van der Waals surface area (Å²) < 4.78 is 5.21. The number of carbonyl (C=O) groups excluding carboxylic acids is 1. The molecule has 0 bridgehead atoms. The van der Waals surface area contributed by atoms with Gasteiger partial charge in [-0.15, -0.1) is 0 Å². The van der Waals surface area contributed by atoms with Crippen molar-refractivity contribution in [3.8, 4) is 0 Å². The van der Waals surface area contributed by atoms with Gasteiger partial charge in [0.25, 0.3) is 0 Å². The smallest absolute Gasteiger partial charge is 0.405 e. The van der Waals surface area contributed by atoms with Crippen LogP contribution in [0, 0.1) is 6.92 Å². The summed E-state index contributed by atoms with van der Waals surface area (Å²) in [5, 5.41) is 2.84. The fourth-order valence-electron chi connectivity index (χ4n) is 1.83. The maximum Gasteiger partial charge on any atom is 0.405 e. The number of aryl methyl sites for hydroxylation is 1. The molecular formula is C14H21N4O2Rf-. The van der Waals surface area contributed by atoms with Crippen molar-refractivity contribution in [2.45, 2.75) is 50.7 Å². The molecule has 0 saturated heterocycles. The van der Waals surface area contributed by atoms with Crippen LogP contribution >= 0.6 is 0 Å². The summed E-state index contributed by atoms with van der Waals surface area (Å²) in [5.74, 6) is 0.275. The maximum absolute atomic E-state index is 11.6. The van der Waals surface area contributed by atoms with Crippen LogP contribution in [0.1, 0.15) is 38.2 Å². The Balaban J connectivity index is 0.00000220. The molecule has 3 N–H and O–H groups in total. The molecule has 1 unspecified atom stereocenters. The second-order valence-electron chi connectivity index (χ2n) is 5.55. The van der Waals surface area contributed by atoms with Gasteiger partial charge in [-0.3, -0.25) is 0 Å². The van der Waals surface area contributed by atoms with E-state index in [0.717, 1.165) is 31.2 Å². The van der Waals surface area contributed by atoms with Crippen LogP contribution in [0.25, 0.3) is 0 Å². The zero-order valence-corrected chi connectivity index (χ0v) is 18.9. The van der Waals surface area contributed by atoms with Crippen molar-refractivity contribution < 1.29 is 9.53 Å². The van der Waals surface area contributed by atoms with Gasteiger partial charge in [0, 0.05) is 17.9 Å². The Morgan fingerprint density at radius 1 is 1.52 bits per heavy atom. The number of alkyl carbamates (subject to hydrolysis) is 1. The first kappa shape index (κ1) is 16.2. The number of nitrogens with one attached hydrogen (secondary N) is 1. The Morgan fingerprint density at radius 3 is 2.71 bits per heavy atom. The van der Waals surface area contributed by atoms with Gasteiger partial charge in [0.2, 0.25) is 5.95 Å². The molecule has 7 heteroatoms. The second-order valence-corrected chi connectivity index (χ2v) is 5.55. The molecule has 6 nitrogen and oxygen atoms in total. The molecule has 1 aliphatic rings. The van der Waals surface area contributed by atoms with Gasteiger partial charge in [-0.25, -0.2) is 14.8 Å². The SMILES string of the molecule is [CH2-]C(CCCc1cnc(N)nc1)OC(=O)NC1(C)CC1.[Rf]. The number of anilines is 1. The molecule has 1 atom stereocenters. The topological polar surface area (TPSA) is 90.1 Å². The Bertz CT molecular complexity index is 463. The van der Waals surface area contributed by atoms with Crippen molar-refractivity contribution in [1.29, 1.82) is 0 Å². The number of amides is 1. The first-order valence-corrected chi connectivity index (χ1v) is 6.85. The van der Waals surface area contributed by atoms with Gasteiger partial charge in [0.05, 0.1) is 0 Å². The maximum atomic E-state index is 11.6. The van der Waals surface area contributed by atoms with Crippen molar-refractivity contribution in [3.63, 3.8) is 0 Å². The number of carbonyl (C=O) groups is 1. The Kier molecular flexibility index (Phi) is 5.05. The van der Waals surface area contributed by atoms with Gasteiger partial charge in [0.1, 0.15) is 0 Å². The van der Waals surface area contributed by atoms with Gasteiger partial charge in [0.15, 0.2) is 0 Å². The fourth-order valence-corrected chi connectivity index (χ4v) is 1.83. The molecule has 1 amide bonds.